The van der Waals surface area contributed by atoms with Gasteiger partial charge in [0, 0.05) is 13.0 Å². The van der Waals surface area contributed by atoms with Crippen LogP contribution in [-0.2, 0) is 27.9 Å². The summed E-state index contributed by atoms with van der Waals surface area (Å²) in [6.45, 7) is 5.20. The standard InChI is InChI=1S/C48H80NO7P/c1-6-8-10-12-14-16-18-20-22-24-26-28-30-32-34-36-38-40-43-53-45-47(46-55-57(51,52)54-44-42-49(3,4)5)56-48(50)41-39-37-35-33-31-29-27-25-23-21-19-17-15-13-11-9-7-2/h8-11,14-17,20-23,26-29,32,34,47H,6-7,12-13,18-19,24-25,30-31,33,35-46H2,1-5H3/p+1/b10-8-,11-9-,16-14-,17-15-,22-20-,23-21-,28-26-,29-27-,34-32-. The number of rotatable bonds is 38. The first kappa shape index (κ1) is 54.2. The molecular formula is C48H81NO7P+. The number of nitrogens with zero attached hydrogens (tertiary/aromatic N) is 1. The molecule has 0 saturated carbocycles. The largest absolute Gasteiger partial charge is 0.472 e. The molecule has 0 rings (SSSR count). The van der Waals surface area contributed by atoms with E-state index in [9.17, 15) is 14.3 Å². The quantitative estimate of drug-likeness (QED) is 0.0218. The van der Waals surface area contributed by atoms with Gasteiger partial charge in [-0.15, -0.1) is 0 Å². The molecule has 57 heavy (non-hydrogen) atoms. The van der Waals surface area contributed by atoms with Crippen LogP contribution in [0, 0.1) is 0 Å². The normalized spacial score (nSPS) is 14.8. The van der Waals surface area contributed by atoms with Crippen molar-refractivity contribution in [3.63, 3.8) is 0 Å². The summed E-state index contributed by atoms with van der Waals surface area (Å²) in [4.78, 5) is 22.9. The number of hydrogen-bond donors (Lipinski definition) is 1. The molecule has 0 spiro atoms. The number of hydrogen-bond acceptors (Lipinski definition) is 6. The van der Waals surface area contributed by atoms with Gasteiger partial charge < -0.3 is 18.9 Å². The lowest BCUT2D eigenvalue weighted by Crippen LogP contribution is -2.37. The van der Waals surface area contributed by atoms with Crippen LogP contribution in [0.2, 0.25) is 0 Å². The number of ether oxygens (including phenoxy) is 2. The number of carbonyl (C=O) groups is 1. The summed E-state index contributed by atoms with van der Waals surface area (Å²) in [6, 6.07) is 0. The number of quaternary nitrogens is 1. The Hall–Kier alpha value is -2.84. The average molecular weight is 815 g/mol. The summed E-state index contributed by atoms with van der Waals surface area (Å²) in [5.74, 6) is -0.358. The van der Waals surface area contributed by atoms with Gasteiger partial charge in [0.1, 0.15) is 19.3 Å². The summed E-state index contributed by atoms with van der Waals surface area (Å²) in [5, 5.41) is 0. The minimum absolute atomic E-state index is 0.0679. The van der Waals surface area contributed by atoms with Gasteiger partial charge in [-0.3, -0.25) is 13.8 Å². The molecule has 2 atom stereocenters. The third-order valence-electron chi connectivity index (χ3n) is 8.33. The summed E-state index contributed by atoms with van der Waals surface area (Å²) in [6.07, 6.45) is 55.6. The first-order valence-electron chi connectivity index (χ1n) is 21.6. The number of phosphoric ester groups is 1. The lowest BCUT2D eigenvalue weighted by Gasteiger charge is -2.24. The van der Waals surface area contributed by atoms with Gasteiger partial charge in [0.2, 0.25) is 0 Å². The van der Waals surface area contributed by atoms with E-state index in [2.05, 4.69) is 123 Å². The van der Waals surface area contributed by atoms with E-state index < -0.39 is 13.9 Å². The molecule has 9 heteroatoms. The zero-order valence-electron chi connectivity index (χ0n) is 36.5. The summed E-state index contributed by atoms with van der Waals surface area (Å²) >= 11 is 0. The Morgan fingerprint density at radius 3 is 1.42 bits per heavy atom. The number of carbonyl (C=O) groups excluding carboxylic acids is 1. The van der Waals surface area contributed by atoms with Crippen molar-refractivity contribution in [2.24, 2.45) is 0 Å². The second-order valence-corrected chi connectivity index (χ2v) is 16.4. The first-order chi connectivity index (χ1) is 27.6. The molecule has 0 amide bonds. The van der Waals surface area contributed by atoms with Crippen molar-refractivity contribution < 1.29 is 37.3 Å². The number of likely N-dealkylation sites (N-methyl/N-ethyl adjacent to an activating group) is 1. The van der Waals surface area contributed by atoms with E-state index in [4.69, 9.17) is 18.5 Å². The maximum atomic E-state index is 12.7. The molecular weight excluding hydrogens is 734 g/mol. The predicted octanol–water partition coefficient (Wildman–Crippen LogP) is 12.8. The minimum atomic E-state index is -4.30. The Balaban J connectivity index is 4.41. The Morgan fingerprint density at radius 2 is 0.965 bits per heavy atom. The predicted molar refractivity (Wildman–Crippen MR) is 242 cm³/mol. The highest BCUT2D eigenvalue weighted by Gasteiger charge is 2.26. The first-order valence-corrected chi connectivity index (χ1v) is 23.1. The minimum Gasteiger partial charge on any atom is -0.457 e. The zero-order chi connectivity index (χ0) is 42.0. The maximum absolute atomic E-state index is 12.7. The fourth-order valence-electron chi connectivity index (χ4n) is 5.04. The maximum Gasteiger partial charge on any atom is 0.472 e. The summed E-state index contributed by atoms with van der Waals surface area (Å²) in [5.41, 5.74) is 0. The van der Waals surface area contributed by atoms with Crippen LogP contribution in [0.25, 0.3) is 0 Å². The molecule has 0 aliphatic heterocycles. The van der Waals surface area contributed by atoms with Crippen LogP contribution in [0.4, 0.5) is 0 Å². The Kier molecular flexibility index (Phi) is 38.0. The lowest BCUT2D eigenvalue weighted by molar-refractivity contribution is -0.870. The van der Waals surface area contributed by atoms with Crippen LogP contribution in [-0.4, -0.2) is 75.6 Å². The second-order valence-electron chi connectivity index (χ2n) is 15.0. The third-order valence-corrected chi connectivity index (χ3v) is 9.31. The monoisotopic (exact) mass is 815 g/mol. The van der Waals surface area contributed by atoms with Crippen molar-refractivity contribution in [1.29, 1.82) is 0 Å². The van der Waals surface area contributed by atoms with E-state index in [0.29, 0.717) is 17.6 Å². The molecule has 0 aliphatic carbocycles. The van der Waals surface area contributed by atoms with Crippen molar-refractivity contribution in [2.75, 3.05) is 54.1 Å². The molecule has 0 heterocycles. The van der Waals surface area contributed by atoms with Gasteiger partial charge in [0.15, 0.2) is 0 Å². The Bertz CT molecular complexity index is 1270. The molecule has 0 fully saturated rings. The van der Waals surface area contributed by atoms with Crippen LogP contribution in [0.1, 0.15) is 129 Å². The molecule has 8 nitrogen and oxygen atoms in total. The van der Waals surface area contributed by atoms with Gasteiger partial charge >= 0.3 is 13.8 Å². The van der Waals surface area contributed by atoms with Crippen LogP contribution in [0.3, 0.4) is 0 Å². The van der Waals surface area contributed by atoms with Gasteiger partial charge in [0.25, 0.3) is 0 Å². The fourth-order valence-corrected chi connectivity index (χ4v) is 5.78. The van der Waals surface area contributed by atoms with Crippen molar-refractivity contribution in [3.8, 4) is 0 Å². The van der Waals surface area contributed by atoms with E-state index in [1.165, 1.54) is 0 Å². The second kappa shape index (κ2) is 40.0. The molecule has 1 N–H and O–H groups in total. The number of allylic oxidation sites excluding steroid dienone is 18. The number of esters is 1. The third kappa shape index (κ3) is 44.1. The van der Waals surface area contributed by atoms with E-state index in [0.717, 1.165) is 109 Å². The van der Waals surface area contributed by atoms with Crippen molar-refractivity contribution in [3.05, 3.63) is 109 Å². The fraction of sp³-hybridized carbons (Fsp3) is 0.604. The molecule has 2 unspecified atom stereocenters. The van der Waals surface area contributed by atoms with Crippen LogP contribution >= 0.6 is 7.82 Å². The van der Waals surface area contributed by atoms with Crippen LogP contribution < -0.4 is 0 Å². The van der Waals surface area contributed by atoms with E-state index in [-0.39, 0.29) is 32.2 Å². The topological polar surface area (TPSA) is 91.3 Å². The van der Waals surface area contributed by atoms with E-state index in [1.54, 1.807) is 0 Å². The molecule has 0 bridgehead atoms. The molecule has 0 saturated heterocycles. The highest BCUT2D eigenvalue weighted by Crippen LogP contribution is 2.43. The highest BCUT2D eigenvalue weighted by atomic mass is 31.2. The van der Waals surface area contributed by atoms with E-state index >= 15 is 0 Å². The molecule has 324 valence electrons. The zero-order valence-corrected chi connectivity index (χ0v) is 37.4. The van der Waals surface area contributed by atoms with Crippen molar-refractivity contribution >= 4 is 13.8 Å². The smallest absolute Gasteiger partial charge is 0.457 e. The number of phosphoric acid groups is 1. The average Bonchev–Trinajstić information content (AvgIpc) is 3.16. The number of unbranched alkanes of at least 4 members (excludes halogenated alkanes) is 6. The molecule has 0 aromatic rings. The van der Waals surface area contributed by atoms with Gasteiger partial charge in [0.05, 0.1) is 34.4 Å². The Labute approximate surface area is 349 Å². The summed E-state index contributed by atoms with van der Waals surface area (Å²) < 4.78 is 34.9. The van der Waals surface area contributed by atoms with Crippen LogP contribution in [0.5, 0.6) is 0 Å². The van der Waals surface area contributed by atoms with Gasteiger partial charge in [-0.25, -0.2) is 4.57 Å². The van der Waals surface area contributed by atoms with Gasteiger partial charge in [-0.05, 0) is 96.3 Å². The van der Waals surface area contributed by atoms with Crippen LogP contribution in [0.15, 0.2) is 109 Å². The van der Waals surface area contributed by atoms with Gasteiger partial charge in [-0.2, -0.15) is 0 Å². The SMILES string of the molecule is CC/C=C\C/C=C\C/C=C\C/C=C\C/C=C\CCCCOCC(COP(=O)(O)OCC[N+](C)(C)C)OC(=O)CCCCCC/C=C\C/C=C\C/C=C\C/C=C\CC. The lowest BCUT2D eigenvalue weighted by atomic mass is 10.1. The van der Waals surface area contributed by atoms with Crippen molar-refractivity contribution in [1.82, 2.24) is 0 Å². The van der Waals surface area contributed by atoms with E-state index in [1.807, 2.05) is 21.1 Å². The van der Waals surface area contributed by atoms with Gasteiger partial charge in [-0.1, -0.05) is 136 Å². The Morgan fingerprint density at radius 1 is 0.544 bits per heavy atom. The molecule has 0 aliphatic rings. The summed E-state index contributed by atoms with van der Waals surface area (Å²) in [7, 11) is 1.60. The molecule has 0 aromatic heterocycles. The van der Waals surface area contributed by atoms with Crippen molar-refractivity contribution in [2.45, 2.75) is 136 Å². The highest BCUT2D eigenvalue weighted by molar-refractivity contribution is 7.47. The molecule has 0 aromatic carbocycles. The molecule has 0 radical (unpaired) electrons.